The van der Waals surface area contributed by atoms with Crippen molar-refractivity contribution in [1.82, 2.24) is 10.2 Å². The molecule has 6 heteroatoms. The average Bonchev–Trinajstić information content (AvgIpc) is 2.45. The molecule has 20 heavy (non-hydrogen) atoms. The van der Waals surface area contributed by atoms with E-state index in [1.807, 2.05) is 12.1 Å². The van der Waals surface area contributed by atoms with Gasteiger partial charge in [0.15, 0.2) is 0 Å². The second kappa shape index (κ2) is 6.85. The van der Waals surface area contributed by atoms with Gasteiger partial charge in [0.25, 0.3) is 5.91 Å². The highest BCUT2D eigenvalue weighted by atomic mass is 79.9. The summed E-state index contributed by atoms with van der Waals surface area (Å²) in [5, 5.41) is 3.25. The van der Waals surface area contributed by atoms with Crippen molar-refractivity contribution < 1.29 is 9.59 Å². The van der Waals surface area contributed by atoms with Gasteiger partial charge >= 0.3 is 0 Å². The summed E-state index contributed by atoms with van der Waals surface area (Å²) >= 11 is 3.34. The van der Waals surface area contributed by atoms with E-state index in [1.54, 1.807) is 17.0 Å². The smallest absolute Gasteiger partial charge is 0.254 e. The largest absolute Gasteiger partial charge is 0.368 e. The van der Waals surface area contributed by atoms with Crippen LogP contribution in [0.2, 0.25) is 0 Å². The van der Waals surface area contributed by atoms with E-state index in [4.69, 9.17) is 5.73 Å². The minimum Gasteiger partial charge on any atom is -0.368 e. The highest BCUT2D eigenvalue weighted by Crippen LogP contribution is 2.17. The van der Waals surface area contributed by atoms with Crippen molar-refractivity contribution in [2.24, 2.45) is 5.73 Å². The van der Waals surface area contributed by atoms with Crippen LogP contribution in [0.4, 0.5) is 0 Å². The molecule has 5 nitrogen and oxygen atoms in total. The fourth-order valence-corrected chi connectivity index (χ4v) is 2.68. The summed E-state index contributed by atoms with van der Waals surface area (Å²) < 4.78 is 0.914. The molecule has 1 aliphatic rings. The predicted molar refractivity (Wildman–Crippen MR) is 80.3 cm³/mol. The van der Waals surface area contributed by atoms with Crippen molar-refractivity contribution in [3.05, 3.63) is 34.3 Å². The van der Waals surface area contributed by atoms with Gasteiger partial charge in [-0.05, 0) is 50.2 Å². The molecule has 0 spiro atoms. The number of nitrogens with zero attached hydrogens (tertiary/aromatic N) is 1. The van der Waals surface area contributed by atoms with E-state index >= 15 is 0 Å². The Balaban J connectivity index is 2.18. The van der Waals surface area contributed by atoms with Crippen LogP contribution in [0.15, 0.2) is 28.7 Å². The van der Waals surface area contributed by atoms with Crippen molar-refractivity contribution in [3.8, 4) is 0 Å². The van der Waals surface area contributed by atoms with Crippen LogP contribution in [0.25, 0.3) is 0 Å². The minimum atomic E-state index is -0.478. The van der Waals surface area contributed by atoms with Crippen LogP contribution in [-0.2, 0) is 4.79 Å². The molecule has 1 aromatic rings. The SMILES string of the molecule is NC(=O)CN(C(=O)c1ccc(Br)cc1)C1CCNCC1. The van der Waals surface area contributed by atoms with E-state index in [0.29, 0.717) is 5.56 Å². The molecule has 108 valence electrons. The number of amides is 2. The second-order valence-corrected chi connectivity index (χ2v) is 5.80. The number of hydrogen-bond donors (Lipinski definition) is 2. The third-order valence-corrected chi connectivity index (χ3v) is 3.96. The Morgan fingerprint density at radius 2 is 1.85 bits per heavy atom. The molecule has 0 radical (unpaired) electrons. The Labute approximate surface area is 126 Å². The first kappa shape index (κ1) is 15.0. The summed E-state index contributed by atoms with van der Waals surface area (Å²) in [5.41, 5.74) is 5.86. The monoisotopic (exact) mass is 339 g/mol. The summed E-state index contributed by atoms with van der Waals surface area (Å²) in [5.74, 6) is -0.614. The number of carbonyl (C=O) groups is 2. The molecule has 2 amide bonds. The minimum absolute atomic E-state index is 0.0282. The van der Waals surface area contributed by atoms with Gasteiger partial charge < -0.3 is 16.0 Å². The van der Waals surface area contributed by atoms with Crippen LogP contribution in [0, 0.1) is 0 Å². The van der Waals surface area contributed by atoms with Crippen molar-refractivity contribution in [1.29, 1.82) is 0 Å². The van der Waals surface area contributed by atoms with Crippen LogP contribution < -0.4 is 11.1 Å². The molecule has 1 aliphatic heterocycles. The molecule has 2 rings (SSSR count). The Hall–Kier alpha value is -1.40. The quantitative estimate of drug-likeness (QED) is 0.863. The van der Waals surface area contributed by atoms with Gasteiger partial charge in [-0.3, -0.25) is 9.59 Å². The molecule has 0 unspecified atom stereocenters. The molecule has 0 bridgehead atoms. The lowest BCUT2D eigenvalue weighted by atomic mass is 10.0. The summed E-state index contributed by atoms with van der Waals surface area (Å²) in [6.45, 7) is 1.68. The van der Waals surface area contributed by atoms with E-state index in [1.165, 1.54) is 0 Å². The predicted octanol–water partition coefficient (Wildman–Crippen LogP) is 1.13. The lowest BCUT2D eigenvalue weighted by molar-refractivity contribution is -0.119. The first-order valence-corrected chi connectivity index (χ1v) is 7.43. The van der Waals surface area contributed by atoms with Gasteiger partial charge in [0.05, 0.1) is 6.54 Å². The lowest BCUT2D eigenvalue weighted by Crippen LogP contribution is -2.49. The lowest BCUT2D eigenvalue weighted by Gasteiger charge is -2.34. The number of nitrogens with one attached hydrogen (secondary N) is 1. The first-order valence-electron chi connectivity index (χ1n) is 6.63. The summed E-state index contributed by atoms with van der Waals surface area (Å²) in [4.78, 5) is 25.4. The zero-order valence-corrected chi connectivity index (χ0v) is 12.7. The maximum atomic E-state index is 12.6. The summed E-state index contributed by atoms with van der Waals surface area (Å²) in [6, 6.07) is 7.21. The fourth-order valence-electron chi connectivity index (χ4n) is 2.41. The Morgan fingerprint density at radius 1 is 1.25 bits per heavy atom. The molecular weight excluding hydrogens is 322 g/mol. The number of primary amides is 1. The Morgan fingerprint density at radius 3 is 2.40 bits per heavy atom. The molecule has 0 aliphatic carbocycles. The number of halogens is 1. The van der Waals surface area contributed by atoms with Crippen molar-refractivity contribution >= 4 is 27.7 Å². The Kier molecular flexibility index (Phi) is 5.14. The van der Waals surface area contributed by atoms with Gasteiger partial charge in [-0.25, -0.2) is 0 Å². The van der Waals surface area contributed by atoms with Gasteiger partial charge in [0.2, 0.25) is 5.91 Å². The van der Waals surface area contributed by atoms with Crippen LogP contribution in [0.1, 0.15) is 23.2 Å². The highest BCUT2D eigenvalue weighted by molar-refractivity contribution is 9.10. The third kappa shape index (κ3) is 3.80. The van der Waals surface area contributed by atoms with Crippen LogP contribution in [0.5, 0.6) is 0 Å². The summed E-state index contributed by atoms with van der Waals surface area (Å²) in [6.07, 6.45) is 1.69. The number of piperidine rings is 1. The molecule has 0 saturated carbocycles. The van der Waals surface area contributed by atoms with Gasteiger partial charge in [0, 0.05) is 16.1 Å². The van der Waals surface area contributed by atoms with Crippen molar-refractivity contribution in [3.63, 3.8) is 0 Å². The highest BCUT2D eigenvalue weighted by Gasteiger charge is 2.27. The Bertz CT molecular complexity index is 484. The summed E-state index contributed by atoms with van der Waals surface area (Å²) in [7, 11) is 0. The zero-order chi connectivity index (χ0) is 14.5. The number of hydrogen-bond acceptors (Lipinski definition) is 3. The van der Waals surface area contributed by atoms with Crippen molar-refractivity contribution in [2.45, 2.75) is 18.9 Å². The van der Waals surface area contributed by atoms with E-state index in [9.17, 15) is 9.59 Å². The second-order valence-electron chi connectivity index (χ2n) is 4.89. The number of benzene rings is 1. The molecule has 1 heterocycles. The fraction of sp³-hybridized carbons (Fsp3) is 0.429. The average molecular weight is 340 g/mol. The van der Waals surface area contributed by atoms with Crippen LogP contribution in [-0.4, -0.2) is 42.4 Å². The van der Waals surface area contributed by atoms with Gasteiger partial charge in [-0.15, -0.1) is 0 Å². The first-order chi connectivity index (χ1) is 9.58. The maximum Gasteiger partial charge on any atom is 0.254 e. The van der Waals surface area contributed by atoms with Crippen LogP contribution in [0.3, 0.4) is 0 Å². The van der Waals surface area contributed by atoms with Gasteiger partial charge in [-0.2, -0.15) is 0 Å². The van der Waals surface area contributed by atoms with Gasteiger partial charge in [0.1, 0.15) is 0 Å². The van der Waals surface area contributed by atoms with E-state index in [-0.39, 0.29) is 18.5 Å². The van der Waals surface area contributed by atoms with Gasteiger partial charge in [-0.1, -0.05) is 15.9 Å². The molecular formula is C14H18BrN3O2. The van der Waals surface area contributed by atoms with E-state index in [2.05, 4.69) is 21.2 Å². The molecule has 1 aromatic carbocycles. The molecule has 1 saturated heterocycles. The zero-order valence-electron chi connectivity index (χ0n) is 11.1. The maximum absolute atomic E-state index is 12.6. The molecule has 0 aromatic heterocycles. The van der Waals surface area contributed by atoms with E-state index in [0.717, 1.165) is 30.4 Å². The van der Waals surface area contributed by atoms with Crippen molar-refractivity contribution in [2.75, 3.05) is 19.6 Å². The normalized spacial score (nSPS) is 15.8. The topological polar surface area (TPSA) is 75.4 Å². The number of rotatable bonds is 4. The molecule has 1 fully saturated rings. The van der Waals surface area contributed by atoms with Crippen LogP contribution >= 0.6 is 15.9 Å². The number of carbonyl (C=O) groups excluding carboxylic acids is 2. The number of nitrogens with two attached hydrogens (primary N) is 1. The molecule has 3 N–H and O–H groups in total. The standard InChI is InChI=1S/C14H18BrN3O2/c15-11-3-1-10(2-4-11)14(20)18(9-13(16)19)12-5-7-17-8-6-12/h1-4,12,17H,5-9H2,(H2,16,19). The van der Waals surface area contributed by atoms with E-state index < -0.39 is 5.91 Å². The third-order valence-electron chi connectivity index (χ3n) is 3.43. The molecule has 0 atom stereocenters.